The highest BCUT2D eigenvalue weighted by Crippen LogP contribution is 2.38. The number of hydrogen-bond acceptors (Lipinski definition) is 3. The molecule has 1 heterocycles. The van der Waals surface area contributed by atoms with E-state index < -0.39 is 0 Å². The molecule has 0 spiro atoms. The monoisotopic (exact) mass is 228 g/mol. The van der Waals surface area contributed by atoms with Crippen molar-refractivity contribution in [1.82, 2.24) is 0 Å². The minimum Gasteiger partial charge on any atom is -0.538 e. The van der Waals surface area contributed by atoms with Crippen LogP contribution in [0.1, 0.15) is 0 Å². The Labute approximate surface area is 97.4 Å². The van der Waals surface area contributed by atoms with Crippen LogP contribution in [0.4, 0.5) is 0 Å². The van der Waals surface area contributed by atoms with Gasteiger partial charge >= 0.3 is 7.69 Å². The van der Waals surface area contributed by atoms with Gasteiger partial charge in [0.05, 0.1) is 4.70 Å². The van der Waals surface area contributed by atoms with E-state index in [4.69, 9.17) is 9.68 Å². The van der Waals surface area contributed by atoms with Crippen molar-refractivity contribution in [3.63, 3.8) is 0 Å². The zero-order valence-electron chi connectivity index (χ0n) is 8.51. The first kappa shape index (κ1) is 9.69. The van der Waals surface area contributed by atoms with E-state index in [0.29, 0.717) is 0 Å². The van der Waals surface area contributed by atoms with Gasteiger partial charge in [0.15, 0.2) is 0 Å². The van der Waals surface area contributed by atoms with Crippen LogP contribution in [0.2, 0.25) is 0 Å². The maximum atomic E-state index is 8.84. The molecule has 3 aromatic rings. The highest BCUT2D eigenvalue weighted by molar-refractivity contribution is 7.26. The second-order valence-electron chi connectivity index (χ2n) is 3.50. The maximum absolute atomic E-state index is 8.84. The highest BCUT2D eigenvalue weighted by Gasteiger charge is 2.08. The Morgan fingerprint density at radius 3 is 2.69 bits per heavy atom. The summed E-state index contributed by atoms with van der Waals surface area (Å²) in [5.41, 5.74) is 0. The van der Waals surface area contributed by atoms with E-state index >= 15 is 0 Å². The Balaban J connectivity index is 2.39. The zero-order chi connectivity index (χ0) is 11.0. The van der Waals surface area contributed by atoms with Gasteiger partial charge < -0.3 is 9.68 Å². The Morgan fingerprint density at radius 1 is 1.00 bits per heavy atom. The first-order chi connectivity index (χ1) is 7.90. The summed E-state index contributed by atoms with van der Waals surface area (Å²) in [6.45, 7) is 0. The SMILES string of the molecule is OBOc1cccc2c1sc1ccccc12. The maximum Gasteiger partial charge on any atom is 0.504 e. The van der Waals surface area contributed by atoms with Crippen LogP contribution in [0.3, 0.4) is 0 Å². The molecule has 0 radical (unpaired) electrons. The van der Waals surface area contributed by atoms with E-state index in [-0.39, 0.29) is 7.69 Å². The van der Waals surface area contributed by atoms with Crippen LogP contribution in [-0.2, 0) is 0 Å². The van der Waals surface area contributed by atoms with Crippen molar-refractivity contribution in [2.24, 2.45) is 0 Å². The quantitative estimate of drug-likeness (QED) is 0.683. The van der Waals surface area contributed by atoms with Crippen LogP contribution in [-0.4, -0.2) is 12.7 Å². The van der Waals surface area contributed by atoms with Gasteiger partial charge in [0, 0.05) is 15.5 Å². The van der Waals surface area contributed by atoms with Crippen molar-refractivity contribution in [2.45, 2.75) is 0 Å². The number of fused-ring (bicyclic) bond motifs is 3. The molecule has 0 saturated heterocycles. The van der Waals surface area contributed by atoms with Gasteiger partial charge in [0.25, 0.3) is 0 Å². The number of thiophene rings is 1. The molecule has 78 valence electrons. The lowest BCUT2D eigenvalue weighted by atomic mass is 10.1. The van der Waals surface area contributed by atoms with Gasteiger partial charge in [-0.05, 0) is 12.1 Å². The lowest BCUT2D eigenvalue weighted by Crippen LogP contribution is -1.99. The summed E-state index contributed by atoms with van der Waals surface area (Å²) < 4.78 is 7.55. The summed E-state index contributed by atoms with van der Waals surface area (Å²) in [5.74, 6) is 0.751. The average molecular weight is 228 g/mol. The Hall–Kier alpha value is -1.52. The van der Waals surface area contributed by atoms with E-state index in [0.717, 1.165) is 10.4 Å². The molecule has 2 aromatic carbocycles. The van der Waals surface area contributed by atoms with Crippen molar-refractivity contribution in [1.29, 1.82) is 0 Å². The molecule has 0 saturated carbocycles. The van der Waals surface area contributed by atoms with E-state index in [1.165, 1.54) is 15.5 Å². The predicted octanol–water partition coefficient (Wildman–Crippen LogP) is 2.69. The third kappa shape index (κ3) is 1.38. The van der Waals surface area contributed by atoms with Crippen molar-refractivity contribution in [3.05, 3.63) is 42.5 Å². The van der Waals surface area contributed by atoms with Crippen LogP contribution in [0, 0.1) is 0 Å². The Bertz CT molecular complexity index is 648. The topological polar surface area (TPSA) is 29.5 Å². The van der Waals surface area contributed by atoms with Crippen LogP contribution < -0.4 is 4.65 Å². The molecule has 0 aliphatic heterocycles. The fraction of sp³-hybridized carbons (Fsp3) is 0. The summed E-state index contributed by atoms with van der Waals surface area (Å²) in [6, 6.07) is 14.2. The molecule has 0 fully saturated rings. The molecule has 0 aliphatic rings. The molecular weight excluding hydrogens is 219 g/mol. The molecule has 1 N–H and O–H groups in total. The Morgan fingerprint density at radius 2 is 1.81 bits per heavy atom. The van der Waals surface area contributed by atoms with Crippen LogP contribution in [0.15, 0.2) is 42.5 Å². The van der Waals surface area contributed by atoms with Gasteiger partial charge in [-0.15, -0.1) is 11.3 Å². The molecule has 4 heteroatoms. The smallest absolute Gasteiger partial charge is 0.504 e. The van der Waals surface area contributed by atoms with Crippen molar-refractivity contribution < 1.29 is 9.68 Å². The highest BCUT2D eigenvalue weighted by atomic mass is 32.1. The first-order valence-electron chi connectivity index (χ1n) is 5.04. The number of hydrogen-bond donors (Lipinski definition) is 1. The largest absolute Gasteiger partial charge is 0.538 e. The van der Waals surface area contributed by atoms with E-state index in [1.807, 2.05) is 24.3 Å². The normalized spacial score (nSPS) is 10.8. The summed E-state index contributed by atoms with van der Waals surface area (Å²) in [6.07, 6.45) is 0. The summed E-state index contributed by atoms with van der Waals surface area (Å²) in [5, 5.41) is 11.3. The van der Waals surface area contributed by atoms with Gasteiger partial charge in [-0.2, -0.15) is 0 Å². The van der Waals surface area contributed by atoms with Gasteiger partial charge in [-0.1, -0.05) is 30.3 Å². The molecule has 16 heavy (non-hydrogen) atoms. The van der Waals surface area contributed by atoms with Crippen LogP contribution >= 0.6 is 11.3 Å². The molecule has 0 amide bonds. The molecule has 0 aliphatic carbocycles. The predicted molar refractivity (Wildman–Crippen MR) is 69.3 cm³/mol. The van der Waals surface area contributed by atoms with Gasteiger partial charge in [-0.3, -0.25) is 0 Å². The molecule has 0 bridgehead atoms. The van der Waals surface area contributed by atoms with Crippen molar-refractivity contribution in [3.8, 4) is 5.75 Å². The van der Waals surface area contributed by atoms with E-state index in [2.05, 4.69) is 18.2 Å². The lowest BCUT2D eigenvalue weighted by molar-refractivity contribution is 0.457. The van der Waals surface area contributed by atoms with Crippen molar-refractivity contribution in [2.75, 3.05) is 0 Å². The summed E-state index contributed by atoms with van der Waals surface area (Å²) in [4.78, 5) is 0. The number of rotatable bonds is 2. The van der Waals surface area contributed by atoms with Gasteiger partial charge in [0.1, 0.15) is 5.75 Å². The van der Waals surface area contributed by atoms with Gasteiger partial charge in [-0.25, -0.2) is 0 Å². The minimum absolute atomic E-state index is 0.284. The zero-order valence-corrected chi connectivity index (χ0v) is 9.33. The molecule has 2 nitrogen and oxygen atoms in total. The second kappa shape index (κ2) is 3.81. The molecule has 1 aromatic heterocycles. The first-order valence-corrected chi connectivity index (χ1v) is 5.86. The standard InChI is InChI=1S/C12H9BO2S/c14-13-15-10-6-3-5-9-8-4-1-2-7-11(8)16-12(9)10/h1-7,13-14H. The summed E-state index contributed by atoms with van der Waals surface area (Å²) in [7, 11) is -0.284. The fourth-order valence-electron chi connectivity index (χ4n) is 1.90. The number of benzene rings is 2. The van der Waals surface area contributed by atoms with Crippen LogP contribution in [0.25, 0.3) is 20.2 Å². The lowest BCUT2D eigenvalue weighted by Gasteiger charge is -2.02. The second-order valence-corrected chi connectivity index (χ2v) is 4.56. The van der Waals surface area contributed by atoms with Crippen molar-refractivity contribution >= 4 is 39.2 Å². The third-order valence-electron chi connectivity index (χ3n) is 2.59. The Kier molecular flexibility index (Phi) is 2.31. The molecule has 3 rings (SSSR count). The average Bonchev–Trinajstić information content (AvgIpc) is 2.69. The molecule has 0 atom stereocenters. The van der Waals surface area contributed by atoms with Crippen LogP contribution in [0.5, 0.6) is 5.75 Å². The van der Waals surface area contributed by atoms with E-state index in [9.17, 15) is 0 Å². The molecule has 0 unspecified atom stereocenters. The minimum atomic E-state index is -0.284. The third-order valence-corrected chi connectivity index (χ3v) is 3.79. The summed E-state index contributed by atoms with van der Waals surface area (Å²) >= 11 is 1.69. The van der Waals surface area contributed by atoms with E-state index in [1.54, 1.807) is 11.3 Å². The fourth-order valence-corrected chi connectivity index (χ4v) is 3.07. The molecular formula is C12H9BO2S. The van der Waals surface area contributed by atoms with Gasteiger partial charge in [0.2, 0.25) is 0 Å².